The summed E-state index contributed by atoms with van der Waals surface area (Å²) in [5.41, 5.74) is 0.939. The van der Waals surface area contributed by atoms with Gasteiger partial charge in [0.2, 0.25) is 11.8 Å². The molecule has 1 aliphatic heterocycles. The third-order valence-electron chi connectivity index (χ3n) is 4.93. The van der Waals surface area contributed by atoms with E-state index < -0.39 is 29.5 Å². The molecule has 0 fully saturated rings. The summed E-state index contributed by atoms with van der Waals surface area (Å²) in [6.45, 7) is 1.53. The molecule has 2 aromatic rings. The van der Waals surface area contributed by atoms with E-state index in [2.05, 4.69) is 5.32 Å². The highest BCUT2D eigenvalue weighted by atomic mass is 35.5. The molecule has 0 spiro atoms. The Labute approximate surface area is 183 Å². The van der Waals surface area contributed by atoms with Crippen molar-refractivity contribution >= 4 is 40.8 Å². The fourth-order valence-corrected chi connectivity index (χ4v) is 3.65. The van der Waals surface area contributed by atoms with Crippen molar-refractivity contribution in [3.05, 3.63) is 64.6 Å². The molecule has 1 atom stereocenters. The molecule has 2 aromatic carbocycles. The first-order valence-electron chi connectivity index (χ1n) is 9.28. The average molecular weight is 447 g/mol. The molecule has 0 bridgehead atoms. The van der Waals surface area contributed by atoms with Crippen LogP contribution in [0.15, 0.2) is 53.7 Å². The first-order chi connectivity index (χ1) is 14.8. The summed E-state index contributed by atoms with van der Waals surface area (Å²) < 4.78 is 23.4. The number of hydrogen-bond acceptors (Lipinski definition) is 5. The Bertz CT molecular complexity index is 1070. The molecule has 0 radical (unpaired) electrons. The largest absolute Gasteiger partial charge is 0.495 e. The number of halogens is 2. The van der Waals surface area contributed by atoms with Gasteiger partial charge in [0.05, 0.1) is 31.4 Å². The number of rotatable bonds is 5. The molecule has 7 nitrogen and oxygen atoms in total. The number of nitrogens with one attached hydrogen (secondary N) is 1. The number of methoxy groups -OCH3 is 2. The molecule has 162 valence electrons. The van der Waals surface area contributed by atoms with Gasteiger partial charge < -0.3 is 14.8 Å². The van der Waals surface area contributed by atoms with Gasteiger partial charge in [-0.05, 0) is 49.4 Å². The molecule has 31 heavy (non-hydrogen) atoms. The Hall–Kier alpha value is -3.39. The summed E-state index contributed by atoms with van der Waals surface area (Å²) >= 11 is 6.01. The quantitative estimate of drug-likeness (QED) is 0.703. The zero-order valence-electron chi connectivity index (χ0n) is 17.1. The van der Waals surface area contributed by atoms with Crippen molar-refractivity contribution in [1.82, 2.24) is 0 Å². The maximum atomic E-state index is 13.3. The minimum absolute atomic E-state index is 0.0323. The summed E-state index contributed by atoms with van der Waals surface area (Å²) in [5.74, 6) is -2.94. The topological polar surface area (TPSA) is 84.9 Å². The standard InChI is InChI=1S/C22H20ClFN2O5/c1-12-20(22(29)31-3)16(11-19(27)26(12)15-7-5-14(24)6-8-15)21(28)25-17-10-13(23)4-9-18(17)30-2/h4-10,16H,11H2,1-3H3,(H,25,28). The number of anilines is 2. The van der Waals surface area contributed by atoms with Crippen molar-refractivity contribution in [3.8, 4) is 5.75 Å². The first-order valence-corrected chi connectivity index (χ1v) is 9.66. The Morgan fingerprint density at radius 3 is 2.45 bits per heavy atom. The summed E-state index contributed by atoms with van der Waals surface area (Å²) in [4.78, 5) is 39.8. The van der Waals surface area contributed by atoms with Gasteiger partial charge in [-0.2, -0.15) is 0 Å². The summed E-state index contributed by atoms with van der Waals surface area (Å²) in [7, 11) is 2.63. The van der Waals surface area contributed by atoms with E-state index >= 15 is 0 Å². The number of nitrogens with zero attached hydrogens (tertiary/aromatic N) is 1. The van der Waals surface area contributed by atoms with Crippen LogP contribution in [0.4, 0.5) is 15.8 Å². The number of esters is 1. The Morgan fingerprint density at radius 1 is 1.16 bits per heavy atom. The molecule has 1 heterocycles. The van der Waals surface area contributed by atoms with Crippen LogP contribution in [0.5, 0.6) is 5.75 Å². The fourth-order valence-electron chi connectivity index (χ4n) is 3.48. The normalized spacial score (nSPS) is 16.2. The Balaban J connectivity index is 2.01. The minimum atomic E-state index is -1.10. The van der Waals surface area contributed by atoms with Gasteiger partial charge in [0.15, 0.2) is 0 Å². The highest BCUT2D eigenvalue weighted by molar-refractivity contribution is 6.31. The second kappa shape index (κ2) is 9.18. The van der Waals surface area contributed by atoms with Crippen LogP contribution in [-0.4, -0.2) is 32.0 Å². The van der Waals surface area contributed by atoms with E-state index in [1.807, 2.05) is 0 Å². The second-order valence-electron chi connectivity index (χ2n) is 6.79. The van der Waals surface area contributed by atoms with Crippen LogP contribution in [0.25, 0.3) is 0 Å². The Kier molecular flexibility index (Phi) is 6.60. The van der Waals surface area contributed by atoms with Crippen molar-refractivity contribution in [2.45, 2.75) is 13.3 Å². The molecule has 2 amide bonds. The van der Waals surface area contributed by atoms with Crippen molar-refractivity contribution in [3.63, 3.8) is 0 Å². The van der Waals surface area contributed by atoms with Gasteiger partial charge >= 0.3 is 5.97 Å². The van der Waals surface area contributed by atoms with Crippen molar-refractivity contribution < 1.29 is 28.2 Å². The van der Waals surface area contributed by atoms with E-state index in [1.165, 1.54) is 56.4 Å². The molecule has 0 saturated heterocycles. The van der Waals surface area contributed by atoms with Crippen molar-refractivity contribution in [2.75, 3.05) is 24.4 Å². The molecule has 0 aliphatic carbocycles. The van der Waals surface area contributed by atoms with Gasteiger partial charge in [-0.15, -0.1) is 0 Å². The van der Waals surface area contributed by atoms with Gasteiger partial charge in [0.1, 0.15) is 11.6 Å². The number of carbonyl (C=O) groups excluding carboxylic acids is 3. The van der Waals surface area contributed by atoms with Gasteiger partial charge in [-0.3, -0.25) is 14.5 Å². The summed E-state index contributed by atoms with van der Waals surface area (Å²) in [6, 6.07) is 9.94. The molecular weight excluding hydrogens is 427 g/mol. The number of allylic oxidation sites excluding steroid dienone is 1. The van der Waals surface area contributed by atoms with Gasteiger partial charge in [-0.25, -0.2) is 9.18 Å². The molecule has 0 saturated carbocycles. The molecular formula is C22H20ClFN2O5. The maximum absolute atomic E-state index is 13.3. The summed E-state index contributed by atoms with van der Waals surface area (Å²) in [6.07, 6.45) is -0.284. The van der Waals surface area contributed by atoms with E-state index in [0.717, 1.165) is 0 Å². The minimum Gasteiger partial charge on any atom is -0.495 e. The fraction of sp³-hybridized carbons (Fsp3) is 0.227. The van der Waals surface area contributed by atoms with Crippen LogP contribution < -0.4 is 15.0 Å². The number of ether oxygens (including phenoxy) is 2. The average Bonchev–Trinajstić information content (AvgIpc) is 2.74. The van der Waals surface area contributed by atoms with Crippen LogP contribution in [0.1, 0.15) is 13.3 Å². The van der Waals surface area contributed by atoms with Crippen LogP contribution >= 0.6 is 11.6 Å². The third-order valence-corrected chi connectivity index (χ3v) is 5.16. The van der Waals surface area contributed by atoms with E-state index in [1.54, 1.807) is 12.1 Å². The zero-order chi connectivity index (χ0) is 22.7. The summed E-state index contributed by atoms with van der Waals surface area (Å²) in [5, 5.41) is 3.05. The number of hydrogen-bond donors (Lipinski definition) is 1. The van der Waals surface area contributed by atoms with E-state index in [9.17, 15) is 18.8 Å². The second-order valence-corrected chi connectivity index (χ2v) is 7.22. The molecule has 0 aromatic heterocycles. The SMILES string of the molecule is COC(=O)C1=C(C)N(c2ccc(F)cc2)C(=O)CC1C(=O)Nc1cc(Cl)ccc1OC. The zero-order valence-corrected chi connectivity index (χ0v) is 17.8. The number of amides is 2. The van der Waals surface area contributed by atoms with Crippen LogP contribution in [0, 0.1) is 11.7 Å². The van der Waals surface area contributed by atoms with Gasteiger partial charge in [0.25, 0.3) is 0 Å². The van der Waals surface area contributed by atoms with E-state index in [0.29, 0.717) is 22.1 Å². The number of carbonyl (C=O) groups is 3. The van der Waals surface area contributed by atoms with Crippen LogP contribution in [0.2, 0.25) is 5.02 Å². The lowest BCUT2D eigenvalue weighted by Crippen LogP contribution is -2.43. The molecule has 9 heteroatoms. The molecule has 1 aliphatic rings. The Morgan fingerprint density at radius 2 is 1.84 bits per heavy atom. The highest BCUT2D eigenvalue weighted by Crippen LogP contribution is 2.35. The van der Waals surface area contributed by atoms with Crippen molar-refractivity contribution in [2.24, 2.45) is 5.92 Å². The smallest absolute Gasteiger partial charge is 0.336 e. The van der Waals surface area contributed by atoms with E-state index in [-0.39, 0.29) is 17.7 Å². The highest BCUT2D eigenvalue weighted by Gasteiger charge is 2.40. The van der Waals surface area contributed by atoms with Crippen LogP contribution in [0.3, 0.4) is 0 Å². The van der Waals surface area contributed by atoms with Gasteiger partial charge in [-0.1, -0.05) is 11.6 Å². The molecule has 1 unspecified atom stereocenters. The molecule has 1 N–H and O–H groups in total. The van der Waals surface area contributed by atoms with Gasteiger partial charge in [0, 0.05) is 22.8 Å². The van der Waals surface area contributed by atoms with Crippen molar-refractivity contribution in [1.29, 1.82) is 0 Å². The van der Waals surface area contributed by atoms with E-state index in [4.69, 9.17) is 21.1 Å². The predicted octanol–water partition coefficient (Wildman–Crippen LogP) is 3.93. The lowest BCUT2D eigenvalue weighted by Gasteiger charge is -2.33. The maximum Gasteiger partial charge on any atom is 0.336 e. The predicted molar refractivity (Wildman–Crippen MR) is 113 cm³/mol. The monoisotopic (exact) mass is 446 g/mol. The lowest BCUT2D eigenvalue weighted by atomic mass is 9.88. The number of benzene rings is 2. The van der Waals surface area contributed by atoms with Crippen LogP contribution in [-0.2, 0) is 19.1 Å². The third kappa shape index (κ3) is 4.54. The first kappa shape index (κ1) is 22.3. The lowest BCUT2D eigenvalue weighted by molar-refractivity contribution is -0.138. The molecule has 3 rings (SSSR count).